The van der Waals surface area contributed by atoms with Crippen LogP contribution in [-0.4, -0.2) is 12.3 Å². The van der Waals surface area contributed by atoms with E-state index in [4.69, 9.17) is 17.3 Å². The zero-order valence-electron chi connectivity index (χ0n) is 9.21. The molecule has 0 saturated heterocycles. The normalized spacial score (nSPS) is 17.9. The van der Waals surface area contributed by atoms with E-state index in [2.05, 4.69) is 0 Å². The lowest BCUT2D eigenvalue weighted by molar-refractivity contribution is 0.0786. The van der Waals surface area contributed by atoms with Crippen LogP contribution < -0.4 is 5.73 Å². The van der Waals surface area contributed by atoms with Gasteiger partial charge in [0.05, 0.1) is 0 Å². The van der Waals surface area contributed by atoms with Crippen molar-refractivity contribution in [2.45, 2.75) is 25.7 Å². The highest BCUT2D eigenvalue weighted by Gasteiger charge is 2.37. The van der Waals surface area contributed by atoms with Crippen molar-refractivity contribution in [2.24, 2.45) is 11.1 Å². The van der Waals surface area contributed by atoms with Gasteiger partial charge in [-0.3, -0.25) is 4.79 Å². The number of benzene rings is 1. The number of nitrogens with two attached hydrogens (primary N) is 1. The van der Waals surface area contributed by atoms with Crippen molar-refractivity contribution in [1.82, 2.24) is 0 Å². The van der Waals surface area contributed by atoms with Gasteiger partial charge < -0.3 is 5.73 Å². The van der Waals surface area contributed by atoms with Crippen molar-refractivity contribution >= 4 is 17.4 Å². The first-order chi connectivity index (χ1) is 7.65. The van der Waals surface area contributed by atoms with E-state index < -0.39 is 0 Å². The number of rotatable bonds is 4. The lowest BCUT2D eigenvalue weighted by atomic mass is 9.65. The van der Waals surface area contributed by atoms with Crippen LogP contribution in [0.2, 0.25) is 5.02 Å². The number of hydrogen-bond donors (Lipinski definition) is 1. The van der Waals surface area contributed by atoms with E-state index in [0.717, 1.165) is 18.4 Å². The summed E-state index contributed by atoms with van der Waals surface area (Å²) in [6, 6.07) is 7.08. The Hall–Kier alpha value is -0.860. The molecule has 1 saturated carbocycles. The second-order valence-corrected chi connectivity index (χ2v) is 5.10. The minimum absolute atomic E-state index is 0.0801. The summed E-state index contributed by atoms with van der Waals surface area (Å²) in [4.78, 5) is 12.0. The van der Waals surface area contributed by atoms with Crippen LogP contribution in [0.1, 0.15) is 36.0 Å². The maximum Gasteiger partial charge on any atom is 0.163 e. The molecule has 0 aromatic heterocycles. The van der Waals surface area contributed by atoms with Gasteiger partial charge in [-0.2, -0.15) is 0 Å². The molecule has 1 aliphatic rings. The molecule has 2 N–H and O–H groups in total. The minimum atomic E-state index is 0.0801. The van der Waals surface area contributed by atoms with Gasteiger partial charge >= 0.3 is 0 Å². The Morgan fingerprint density at radius 2 is 1.94 bits per heavy atom. The fourth-order valence-electron chi connectivity index (χ4n) is 2.21. The lowest BCUT2D eigenvalue weighted by Gasteiger charge is -2.40. The lowest BCUT2D eigenvalue weighted by Crippen LogP contribution is -2.39. The van der Waals surface area contributed by atoms with Gasteiger partial charge in [0.15, 0.2) is 5.78 Å². The van der Waals surface area contributed by atoms with Crippen LogP contribution in [0.15, 0.2) is 24.3 Å². The van der Waals surface area contributed by atoms with Crippen LogP contribution in [0.4, 0.5) is 0 Å². The number of hydrogen-bond acceptors (Lipinski definition) is 2. The molecule has 1 aromatic carbocycles. The molecule has 2 rings (SSSR count). The molecule has 0 amide bonds. The zero-order chi connectivity index (χ0) is 11.6. The fraction of sp³-hybridized carbons (Fsp3) is 0.462. The van der Waals surface area contributed by atoms with E-state index in [1.54, 1.807) is 24.3 Å². The third-order valence-corrected chi connectivity index (χ3v) is 3.80. The van der Waals surface area contributed by atoms with Crippen molar-refractivity contribution < 1.29 is 4.79 Å². The average molecular weight is 238 g/mol. The summed E-state index contributed by atoms with van der Waals surface area (Å²) < 4.78 is 0. The smallest absolute Gasteiger partial charge is 0.163 e. The summed E-state index contributed by atoms with van der Waals surface area (Å²) in [7, 11) is 0. The molecule has 2 nitrogen and oxygen atoms in total. The first kappa shape index (κ1) is 11.6. The third kappa shape index (κ3) is 2.28. The molecule has 1 fully saturated rings. The molecule has 1 aliphatic carbocycles. The van der Waals surface area contributed by atoms with Crippen LogP contribution in [0, 0.1) is 5.41 Å². The van der Waals surface area contributed by atoms with Crippen molar-refractivity contribution in [1.29, 1.82) is 0 Å². The number of carbonyl (C=O) groups excluding carboxylic acids is 1. The Balaban J connectivity index is 2.05. The minimum Gasteiger partial charge on any atom is -0.330 e. The van der Waals surface area contributed by atoms with E-state index in [1.165, 1.54) is 6.42 Å². The molecule has 0 bridgehead atoms. The summed E-state index contributed by atoms with van der Waals surface area (Å²) in [5.74, 6) is 0.182. The van der Waals surface area contributed by atoms with E-state index in [9.17, 15) is 4.79 Å². The highest BCUT2D eigenvalue weighted by Crippen LogP contribution is 2.43. The third-order valence-electron chi connectivity index (χ3n) is 3.55. The zero-order valence-corrected chi connectivity index (χ0v) is 9.96. The first-order valence-electron chi connectivity index (χ1n) is 5.64. The van der Waals surface area contributed by atoms with E-state index in [1.807, 2.05) is 0 Å². The Morgan fingerprint density at radius 1 is 1.31 bits per heavy atom. The summed E-state index contributed by atoms with van der Waals surface area (Å²) in [6.45, 7) is 0.617. The van der Waals surface area contributed by atoms with Crippen LogP contribution >= 0.6 is 11.6 Å². The van der Waals surface area contributed by atoms with E-state index in [0.29, 0.717) is 18.0 Å². The van der Waals surface area contributed by atoms with Crippen molar-refractivity contribution in [3.05, 3.63) is 34.9 Å². The van der Waals surface area contributed by atoms with Gasteiger partial charge in [-0.05, 0) is 49.1 Å². The predicted octanol–water partition coefficient (Wildman–Crippen LogP) is 3.04. The summed E-state index contributed by atoms with van der Waals surface area (Å²) in [5, 5.41) is 0.661. The monoisotopic (exact) mass is 237 g/mol. The van der Waals surface area contributed by atoms with Crippen LogP contribution in [0.5, 0.6) is 0 Å². The molecule has 0 heterocycles. The average Bonchev–Trinajstić information content (AvgIpc) is 2.24. The standard InChI is InChI=1S/C13H16ClNO/c14-11-4-2-10(3-5-11)12(16)8-13(9-15)6-1-7-13/h2-5H,1,6-9,15H2. The predicted molar refractivity (Wildman–Crippen MR) is 65.7 cm³/mol. The maximum atomic E-state index is 12.0. The van der Waals surface area contributed by atoms with Gasteiger partial charge in [-0.25, -0.2) is 0 Å². The van der Waals surface area contributed by atoms with Gasteiger partial charge in [0.2, 0.25) is 0 Å². The Labute approximate surface area is 101 Å². The van der Waals surface area contributed by atoms with E-state index >= 15 is 0 Å². The summed E-state index contributed by atoms with van der Waals surface area (Å²) in [5.41, 5.74) is 6.57. The molecule has 0 spiro atoms. The molecule has 1 aromatic rings. The van der Waals surface area contributed by atoms with Crippen molar-refractivity contribution in [3.8, 4) is 0 Å². The second kappa shape index (κ2) is 4.56. The van der Waals surface area contributed by atoms with Gasteiger partial charge in [0.25, 0.3) is 0 Å². The molecule has 3 heteroatoms. The number of Topliss-reactive ketones (excluding diaryl/α,β-unsaturated/α-hetero) is 1. The first-order valence-corrected chi connectivity index (χ1v) is 6.02. The number of halogens is 1. The van der Waals surface area contributed by atoms with Crippen molar-refractivity contribution in [3.63, 3.8) is 0 Å². The molecule has 16 heavy (non-hydrogen) atoms. The van der Waals surface area contributed by atoms with E-state index in [-0.39, 0.29) is 11.2 Å². The Kier molecular flexibility index (Phi) is 3.31. The topological polar surface area (TPSA) is 43.1 Å². The molecular weight excluding hydrogens is 222 g/mol. The molecular formula is C13H16ClNO. The molecule has 0 unspecified atom stereocenters. The highest BCUT2D eigenvalue weighted by atomic mass is 35.5. The van der Waals surface area contributed by atoms with Crippen molar-refractivity contribution in [2.75, 3.05) is 6.54 Å². The largest absolute Gasteiger partial charge is 0.330 e. The van der Waals surface area contributed by atoms with Crippen LogP contribution in [0.3, 0.4) is 0 Å². The molecule has 0 radical (unpaired) electrons. The molecule has 86 valence electrons. The van der Waals surface area contributed by atoms with Gasteiger partial charge in [0.1, 0.15) is 0 Å². The quantitative estimate of drug-likeness (QED) is 0.818. The summed E-state index contributed by atoms with van der Waals surface area (Å²) >= 11 is 5.78. The second-order valence-electron chi connectivity index (χ2n) is 4.66. The van der Waals surface area contributed by atoms with Crippen LogP contribution in [0.25, 0.3) is 0 Å². The van der Waals surface area contributed by atoms with Crippen LogP contribution in [-0.2, 0) is 0 Å². The highest BCUT2D eigenvalue weighted by molar-refractivity contribution is 6.30. The van der Waals surface area contributed by atoms with Gasteiger partial charge in [-0.1, -0.05) is 18.0 Å². The SMILES string of the molecule is NCC1(CC(=O)c2ccc(Cl)cc2)CCC1. The molecule has 0 atom stereocenters. The molecule has 0 aliphatic heterocycles. The van der Waals surface area contributed by atoms with Gasteiger partial charge in [0, 0.05) is 17.0 Å². The Morgan fingerprint density at radius 3 is 2.38 bits per heavy atom. The number of carbonyl (C=O) groups is 1. The maximum absolute atomic E-state index is 12.0. The van der Waals surface area contributed by atoms with Gasteiger partial charge in [-0.15, -0.1) is 0 Å². The fourth-order valence-corrected chi connectivity index (χ4v) is 2.33. The summed E-state index contributed by atoms with van der Waals surface area (Å²) in [6.07, 6.45) is 3.95. The Bertz CT molecular complexity index is 376. The number of ketones is 1.